The summed E-state index contributed by atoms with van der Waals surface area (Å²) in [6.45, 7) is 2.01. The summed E-state index contributed by atoms with van der Waals surface area (Å²) in [7, 11) is 0. The average molecular weight is 243 g/mol. The van der Waals surface area contributed by atoms with Crippen LogP contribution in [0.1, 0.15) is 37.8 Å². The highest BCUT2D eigenvalue weighted by molar-refractivity contribution is 5.39. The monoisotopic (exact) mass is 243 g/mol. The van der Waals surface area contributed by atoms with E-state index in [1.807, 2.05) is 24.4 Å². The van der Waals surface area contributed by atoms with E-state index in [9.17, 15) is 0 Å². The predicted molar refractivity (Wildman–Crippen MR) is 73.5 cm³/mol. The van der Waals surface area contributed by atoms with Gasteiger partial charge in [0.15, 0.2) is 0 Å². The van der Waals surface area contributed by atoms with Crippen LogP contribution in [0.3, 0.4) is 0 Å². The van der Waals surface area contributed by atoms with E-state index in [0.29, 0.717) is 0 Å². The molecule has 0 unspecified atom stereocenters. The molecule has 3 heteroatoms. The third kappa shape index (κ3) is 2.72. The van der Waals surface area contributed by atoms with Gasteiger partial charge in [0, 0.05) is 18.9 Å². The zero-order valence-electron chi connectivity index (χ0n) is 10.8. The first-order chi connectivity index (χ1) is 8.92. The molecule has 0 atom stereocenters. The Morgan fingerprint density at radius 3 is 3.00 bits per heavy atom. The summed E-state index contributed by atoms with van der Waals surface area (Å²) in [5, 5.41) is 3.51. The van der Waals surface area contributed by atoms with Crippen LogP contribution in [0.5, 0.6) is 0 Å². The molecule has 2 aromatic rings. The number of rotatable bonds is 5. The van der Waals surface area contributed by atoms with Gasteiger partial charge in [-0.1, -0.05) is 31.7 Å². The van der Waals surface area contributed by atoms with Gasteiger partial charge in [0.1, 0.15) is 5.65 Å². The second-order valence-corrected chi connectivity index (χ2v) is 5.31. The van der Waals surface area contributed by atoms with E-state index in [0.717, 1.165) is 30.3 Å². The topological polar surface area (TPSA) is 29.3 Å². The van der Waals surface area contributed by atoms with Gasteiger partial charge in [-0.05, 0) is 31.0 Å². The Hall–Kier alpha value is -1.35. The Balaban J connectivity index is 1.47. The number of aromatic nitrogens is 2. The summed E-state index contributed by atoms with van der Waals surface area (Å²) in [5.74, 6) is 0.971. The molecule has 0 amide bonds. The third-order valence-corrected chi connectivity index (χ3v) is 3.92. The molecule has 0 aromatic carbocycles. The van der Waals surface area contributed by atoms with Crippen LogP contribution >= 0.6 is 0 Å². The predicted octanol–water partition coefficient (Wildman–Crippen LogP) is 3.00. The fraction of sp³-hybridized carbons (Fsp3) is 0.533. The second kappa shape index (κ2) is 5.53. The lowest BCUT2D eigenvalue weighted by Crippen LogP contribution is -2.17. The van der Waals surface area contributed by atoms with Gasteiger partial charge in [-0.25, -0.2) is 4.98 Å². The smallest absolute Gasteiger partial charge is 0.137 e. The molecule has 1 saturated carbocycles. The largest absolute Gasteiger partial charge is 0.311 e. The standard InChI is InChI=1S/C15H21N3/c1-2-6-13(5-1)8-9-16-11-14-12-18-10-4-3-7-15(18)17-14/h3-4,7,10,12-13,16H,1-2,5-6,8-9,11H2. The van der Waals surface area contributed by atoms with Crippen molar-refractivity contribution < 1.29 is 0 Å². The molecule has 1 fully saturated rings. The van der Waals surface area contributed by atoms with Crippen LogP contribution in [0.2, 0.25) is 0 Å². The quantitative estimate of drug-likeness (QED) is 0.818. The zero-order valence-corrected chi connectivity index (χ0v) is 10.8. The summed E-state index contributed by atoms with van der Waals surface area (Å²) in [4.78, 5) is 4.58. The fourth-order valence-electron chi connectivity index (χ4n) is 2.89. The molecule has 2 aromatic heterocycles. The van der Waals surface area contributed by atoms with Gasteiger partial charge < -0.3 is 9.72 Å². The van der Waals surface area contributed by atoms with Gasteiger partial charge in [0.25, 0.3) is 0 Å². The number of fused-ring (bicyclic) bond motifs is 1. The zero-order chi connectivity index (χ0) is 12.2. The van der Waals surface area contributed by atoms with Crippen molar-refractivity contribution in [3.63, 3.8) is 0 Å². The molecule has 0 bridgehead atoms. The van der Waals surface area contributed by atoms with Crippen molar-refractivity contribution in [2.75, 3.05) is 6.54 Å². The maximum atomic E-state index is 4.58. The molecule has 2 heterocycles. The maximum Gasteiger partial charge on any atom is 0.137 e. The van der Waals surface area contributed by atoms with E-state index in [4.69, 9.17) is 0 Å². The molecule has 0 saturated heterocycles. The van der Waals surface area contributed by atoms with Crippen molar-refractivity contribution in [1.29, 1.82) is 0 Å². The van der Waals surface area contributed by atoms with Crippen molar-refractivity contribution in [2.45, 2.75) is 38.6 Å². The molecule has 3 rings (SSSR count). The van der Waals surface area contributed by atoms with Gasteiger partial charge in [0.05, 0.1) is 5.69 Å². The Kier molecular flexibility index (Phi) is 3.60. The Morgan fingerprint density at radius 2 is 2.17 bits per heavy atom. The Morgan fingerprint density at radius 1 is 1.28 bits per heavy atom. The fourth-order valence-corrected chi connectivity index (χ4v) is 2.89. The van der Waals surface area contributed by atoms with Crippen molar-refractivity contribution in [1.82, 2.24) is 14.7 Å². The highest BCUT2D eigenvalue weighted by Gasteiger charge is 2.13. The molecular weight excluding hydrogens is 222 g/mol. The van der Waals surface area contributed by atoms with Crippen LogP contribution in [0.15, 0.2) is 30.6 Å². The maximum absolute atomic E-state index is 4.58. The first kappa shape index (κ1) is 11.7. The third-order valence-electron chi connectivity index (χ3n) is 3.92. The Labute approximate surface area is 108 Å². The number of nitrogens with zero attached hydrogens (tertiary/aromatic N) is 2. The molecule has 96 valence electrons. The van der Waals surface area contributed by atoms with Crippen LogP contribution in [-0.4, -0.2) is 15.9 Å². The summed E-state index contributed by atoms with van der Waals surface area (Å²) in [6.07, 6.45) is 11.2. The number of nitrogens with one attached hydrogen (secondary N) is 1. The van der Waals surface area contributed by atoms with Crippen LogP contribution < -0.4 is 5.32 Å². The number of pyridine rings is 1. The molecule has 0 aliphatic heterocycles. The number of hydrogen-bond donors (Lipinski definition) is 1. The van der Waals surface area contributed by atoms with E-state index >= 15 is 0 Å². The molecule has 18 heavy (non-hydrogen) atoms. The lowest BCUT2D eigenvalue weighted by Gasteiger charge is -2.08. The summed E-state index contributed by atoms with van der Waals surface area (Å²) < 4.78 is 2.08. The van der Waals surface area contributed by atoms with E-state index in [1.54, 1.807) is 0 Å². The van der Waals surface area contributed by atoms with Crippen LogP contribution in [0.4, 0.5) is 0 Å². The van der Waals surface area contributed by atoms with E-state index in [1.165, 1.54) is 32.1 Å². The first-order valence-corrected chi connectivity index (χ1v) is 7.05. The number of imidazole rings is 1. The Bertz CT molecular complexity index is 464. The van der Waals surface area contributed by atoms with Crippen molar-refractivity contribution in [2.24, 2.45) is 5.92 Å². The van der Waals surface area contributed by atoms with Crippen molar-refractivity contribution in [3.05, 3.63) is 36.3 Å². The molecule has 0 spiro atoms. The van der Waals surface area contributed by atoms with Crippen molar-refractivity contribution in [3.8, 4) is 0 Å². The lowest BCUT2D eigenvalue weighted by molar-refractivity contribution is 0.476. The van der Waals surface area contributed by atoms with Gasteiger partial charge in [-0.2, -0.15) is 0 Å². The normalized spacial score (nSPS) is 16.7. The summed E-state index contributed by atoms with van der Waals surface area (Å²) in [6, 6.07) is 6.10. The lowest BCUT2D eigenvalue weighted by atomic mass is 10.0. The van der Waals surface area contributed by atoms with Crippen LogP contribution in [0.25, 0.3) is 5.65 Å². The number of hydrogen-bond acceptors (Lipinski definition) is 2. The minimum Gasteiger partial charge on any atom is -0.311 e. The first-order valence-electron chi connectivity index (χ1n) is 7.05. The van der Waals surface area contributed by atoms with E-state index < -0.39 is 0 Å². The minimum atomic E-state index is 0.883. The minimum absolute atomic E-state index is 0.883. The molecule has 1 aliphatic rings. The van der Waals surface area contributed by atoms with Crippen LogP contribution in [-0.2, 0) is 6.54 Å². The highest BCUT2D eigenvalue weighted by atomic mass is 15.0. The van der Waals surface area contributed by atoms with Gasteiger partial charge in [0.2, 0.25) is 0 Å². The van der Waals surface area contributed by atoms with E-state index in [2.05, 4.69) is 20.9 Å². The average Bonchev–Trinajstić information content (AvgIpc) is 3.03. The van der Waals surface area contributed by atoms with Gasteiger partial charge in [-0.15, -0.1) is 0 Å². The summed E-state index contributed by atoms with van der Waals surface area (Å²) in [5.41, 5.74) is 2.16. The molecule has 1 N–H and O–H groups in total. The van der Waals surface area contributed by atoms with Crippen molar-refractivity contribution >= 4 is 5.65 Å². The molecular formula is C15H21N3. The molecule has 0 radical (unpaired) electrons. The van der Waals surface area contributed by atoms with Crippen LogP contribution in [0, 0.1) is 5.92 Å². The van der Waals surface area contributed by atoms with E-state index in [-0.39, 0.29) is 0 Å². The SMILES string of the molecule is c1ccn2cc(CNCCC3CCCC3)nc2c1. The molecule has 1 aliphatic carbocycles. The molecule has 3 nitrogen and oxygen atoms in total. The highest BCUT2D eigenvalue weighted by Crippen LogP contribution is 2.26. The van der Waals surface area contributed by atoms with Gasteiger partial charge in [-0.3, -0.25) is 0 Å². The second-order valence-electron chi connectivity index (χ2n) is 5.31. The summed E-state index contributed by atoms with van der Waals surface area (Å²) >= 11 is 0. The van der Waals surface area contributed by atoms with Gasteiger partial charge >= 0.3 is 0 Å².